The van der Waals surface area contributed by atoms with Crippen LogP contribution in [0.1, 0.15) is 42.0 Å². The zero-order valence-electron chi connectivity index (χ0n) is 23.8. The first kappa shape index (κ1) is 29.3. The number of halogens is 2. The Labute approximate surface area is 255 Å². The van der Waals surface area contributed by atoms with Crippen molar-refractivity contribution in [1.82, 2.24) is 5.43 Å². The number of nitrogens with zero attached hydrogens (tertiary/aromatic N) is 2. The average Bonchev–Trinajstić information content (AvgIpc) is 3.54. The van der Waals surface area contributed by atoms with Crippen molar-refractivity contribution < 1.29 is 22.0 Å². The molecule has 3 unspecified atom stereocenters. The van der Waals surface area contributed by atoms with Gasteiger partial charge in [-0.15, -0.1) is 0 Å². The van der Waals surface area contributed by atoms with E-state index in [2.05, 4.69) is 28.0 Å². The minimum absolute atomic E-state index is 0.000379. The Bertz CT molecular complexity index is 1840. The minimum atomic E-state index is -4.13. The third kappa shape index (κ3) is 5.85. The highest BCUT2D eigenvalue weighted by atomic mass is 32.2. The number of carbonyl (C=O) groups is 1. The lowest BCUT2D eigenvalue weighted by Gasteiger charge is -2.37. The van der Waals surface area contributed by atoms with Gasteiger partial charge in [-0.25, -0.2) is 22.6 Å². The van der Waals surface area contributed by atoms with Gasteiger partial charge in [-0.3, -0.25) is 9.10 Å². The van der Waals surface area contributed by atoms with Crippen LogP contribution >= 0.6 is 0 Å². The number of hydrazone groups is 1. The number of sulfonamides is 1. The van der Waals surface area contributed by atoms with Gasteiger partial charge < -0.3 is 5.32 Å². The maximum atomic E-state index is 13.6. The summed E-state index contributed by atoms with van der Waals surface area (Å²) in [5, 5.41) is 7.91. The molecule has 2 aliphatic rings. The highest BCUT2D eigenvalue weighted by molar-refractivity contribution is 7.92. The minimum Gasteiger partial charge on any atom is -0.378 e. The van der Waals surface area contributed by atoms with Crippen LogP contribution in [-0.2, 0) is 14.8 Å². The van der Waals surface area contributed by atoms with Crippen molar-refractivity contribution in [3.8, 4) is 0 Å². The number of anilines is 2. The molecule has 3 atom stereocenters. The highest BCUT2D eigenvalue weighted by Crippen LogP contribution is 2.50. The van der Waals surface area contributed by atoms with E-state index in [-0.39, 0.29) is 34.3 Å². The van der Waals surface area contributed by atoms with Crippen molar-refractivity contribution in [2.75, 3.05) is 16.2 Å². The van der Waals surface area contributed by atoms with Gasteiger partial charge in [0.15, 0.2) is 0 Å². The standard InChI is InChI=1S/C34H30F2N4O3S/c1-22(24-12-19-32-31(20-24)29-8-5-9-30(29)34(37-32)23-10-13-25(35)14-11-23)38-39-33(41)21-40(27-17-15-26(36)16-18-27)44(42,43)28-6-3-2-4-7-28/h2-8,10-20,29-30,34,37H,9,21H2,1H3,(H,39,41)/b38-22+. The van der Waals surface area contributed by atoms with Gasteiger partial charge in [-0.05, 0) is 96.6 Å². The van der Waals surface area contributed by atoms with Gasteiger partial charge in [-0.2, -0.15) is 5.10 Å². The number of fused-ring (bicyclic) bond motifs is 3. The second-order valence-corrected chi connectivity index (χ2v) is 12.7. The van der Waals surface area contributed by atoms with Gasteiger partial charge in [0.2, 0.25) is 0 Å². The zero-order valence-corrected chi connectivity index (χ0v) is 24.6. The lowest BCUT2D eigenvalue weighted by Crippen LogP contribution is -2.39. The Morgan fingerprint density at radius 3 is 2.34 bits per heavy atom. The first-order valence-corrected chi connectivity index (χ1v) is 15.6. The maximum Gasteiger partial charge on any atom is 0.264 e. The lowest BCUT2D eigenvalue weighted by molar-refractivity contribution is -0.119. The molecule has 0 aromatic heterocycles. The normalized spacial score (nSPS) is 19.1. The number of carbonyl (C=O) groups excluding carboxylic acids is 1. The van der Waals surface area contributed by atoms with Crippen molar-refractivity contribution in [2.24, 2.45) is 11.0 Å². The van der Waals surface area contributed by atoms with E-state index in [0.717, 1.165) is 45.2 Å². The second kappa shape index (κ2) is 12.0. The SMILES string of the molecule is C/C(=N\NC(=O)CN(c1ccc(F)cc1)S(=O)(=O)c1ccccc1)c1ccc2c(c1)C1C=CCC1C(c1ccc(F)cc1)N2. The van der Waals surface area contributed by atoms with Crippen LogP contribution in [0.4, 0.5) is 20.2 Å². The van der Waals surface area contributed by atoms with Gasteiger partial charge in [-0.1, -0.05) is 48.6 Å². The lowest BCUT2D eigenvalue weighted by atomic mass is 9.76. The maximum absolute atomic E-state index is 13.6. The summed E-state index contributed by atoms with van der Waals surface area (Å²) in [4.78, 5) is 13.0. The average molecular weight is 613 g/mol. The largest absolute Gasteiger partial charge is 0.378 e. The first-order chi connectivity index (χ1) is 21.2. The monoisotopic (exact) mass is 612 g/mol. The summed E-state index contributed by atoms with van der Waals surface area (Å²) in [5.41, 5.74) is 7.09. The van der Waals surface area contributed by atoms with Gasteiger partial charge in [0.25, 0.3) is 15.9 Å². The Balaban J connectivity index is 1.21. The summed E-state index contributed by atoms with van der Waals surface area (Å²) in [5.74, 6) is -1.02. The Hall–Kier alpha value is -4.83. The summed E-state index contributed by atoms with van der Waals surface area (Å²) >= 11 is 0. The number of benzene rings is 4. The number of amides is 1. The van der Waals surface area contributed by atoms with E-state index < -0.39 is 28.3 Å². The Kier molecular flexibility index (Phi) is 8.01. The summed E-state index contributed by atoms with van der Waals surface area (Å²) in [6, 6.07) is 25.2. The molecule has 4 aromatic rings. The van der Waals surface area contributed by atoms with Crippen LogP contribution in [0.2, 0.25) is 0 Å². The third-order valence-electron chi connectivity index (χ3n) is 8.09. The number of hydrogen-bond donors (Lipinski definition) is 2. The summed E-state index contributed by atoms with van der Waals surface area (Å²) in [6.45, 7) is 1.20. The van der Waals surface area contributed by atoms with Crippen LogP contribution in [0, 0.1) is 17.6 Å². The van der Waals surface area contributed by atoms with Crippen molar-refractivity contribution >= 4 is 33.0 Å². The first-order valence-electron chi connectivity index (χ1n) is 14.2. The second-order valence-electron chi connectivity index (χ2n) is 10.9. The fourth-order valence-electron chi connectivity index (χ4n) is 5.84. The van der Waals surface area contributed by atoms with E-state index in [0.29, 0.717) is 5.71 Å². The van der Waals surface area contributed by atoms with Crippen LogP contribution in [0.3, 0.4) is 0 Å². The van der Waals surface area contributed by atoms with E-state index in [4.69, 9.17) is 0 Å². The van der Waals surface area contributed by atoms with Crippen LogP contribution in [-0.4, -0.2) is 26.6 Å². The fourth-order valence-corrected chi connectivity index (χ4v) is 7.28. The van der Waals surface area contributed by atoms with E-state index in [1.807, 2.05) is 30.3 Å². The van der Waals surface area contributed by atoms with Gasteiger partial charge in [0.1, 0.15) is 18.2 Å². The number of hydrogen-bond acceptors (Lipinski definition) is 5. The molecule has 10 heteroatoms. The molecule has 0 bridgehead atoms. The molecule has 44 heavy (non-hydrogen) atoms. The zero-order chi connectivity index (χ0) is 30.8. The predicted molar refractivity (Wildman–Crippen MR) is 167 cm³/mol. The van der Waals surface area contributed by atoms with Crippen molar-refractivity contribution in [3.05, 3.63) is 138 Å². The summed E-state index contributed by atoms with van der Waals surface area (Å²) in [6.07, 6.45) is 5.27. The quantitative estimate of drug-likeness (QED) is 0.135. The summed E-state index contributed by atoms with van der Waals surface area (Å²) < 4.78 is 55.0. The molecular weight excluding hydrogens is 582 g/mol. The third-order valence-corrected chi connectivity index (χ3v) is 9.88. The molecule has 0 saturated carbocycles. The smallest absolute Gasteiger partial charge is 0.264 e. The van der Waals surface area contributed by atoms with E-state index in [1.165, 1.54) is 36.4 Å². The van der Waals surface area contributed by atoms with E-state index in [9.17, 15) is 22.0 Å². The molecular formula is C34H30F2N4O3S. The molecule has 0 fully saturated rings. The Morgan fingerprint density at radius 1 is 0.955 bits per heavy atom. The molecule has 0 radical (unpaired) electrons. The molecule has 6 rings (SSSR count). The highest BCUT2D eigenvalue weighted by Gasteiger charge is 2.38. The van der Waals surface area contributed by atoms with Crippen molar-refractivity contribution in [3.63, 3.8) is 0 Å². The molecule has 4 aromatic carbocycles. The van der Waals surface area contributed by atoms with Gasteiger partial charge in [0, 0.05) is 11.6 Å². The molecule has 1 heterocycles. The van der Waals surface area contributed by atoms with Gasteiger partial charge in [0.05, 0.1) is 22.3 Å². The van der Waals surface area contributed by atoms with Crippen molar-refractivity contribution in [2.45, 2.75) is 30.2 Å². The molecule has 7 nitrogen and oxygen atoms in total. The molecule has 1 aliphatic carbocycles. The summed E-state index contributed by atoms with van der Waals surface area (Å²) in [7, 11) is -4.13. The van der Waals surface area contributed by atoms with Crippen LogP contribution in [0.15, 0.2) is 119 Å². The van der Waals surface area contributed by atoms with E-state index in [1.54, 1.807) is 25.1 Å². The molecule has 0 saturated heterocycles. The van der Waals surface area contributed by atoms with Crippen molar-refractivity contribution in [1.29, 1.82) is 0 Å². The number of rotatable bonds is 8. The van der Waals surface area contributed by atoms with Gasteiger partial charge >= 0.3 is 0 Å². The van der Waals surface area contributed by atoms with Crippen LogP contribution in [0.5, 0.6) is 0 Å². The molecule has 0 spiro atoms. The molecule has 1 aliphatic heterocycles. The van der Waals surface area contributed by atoms with E-state index >= 15 is 0 Å². The number of allylic oxidation sites excluding steroid dienone is 2. The predicted octanol–water partition coefficient (Wildman–Crippen LogP) is 6.53. The fraction of sp³-hybridized carbons (Fsp3) is 0.176. The topological polar surface area (TPSA) is 90.9 Å². The van der Waals surface area contributed by atoms with Crippen LogP contribution < -0.4 is 15.0 Å². The number of nitrogens with one attached hydrogen (secondary N) is 2. The van der Waals surface area contributed by atoms with Crippen LogP contribution in [0.25, 0.3) is 0 Å². The molecule has 2 N–H and O–H groups in total. The molecule has 224 valence electrons. The Morgan fingerprint density at radius 2 is 1.64 bits per heavy atom. The molecule has 1 amide bonds.